The molecule has 0 spiro atoms. The second kappa shape index (κ2) is 5.05. The molecule has 0 atom stereocenters. The van der Waals surface area contributed by atoms with Crippen molar-refractivity contribution in [1.29, 1.82) is 5.26 Å². The van der Waals surface area contributed by atoms with Gasteiger partial charge in [0.1, 0.15) is 0 Å². The summed E-state index contributed by atoms with van der Waals surface area (Å²) in [5.41, 5.74) is 2.22. The Labute approximate surface area is 63.4 Å². The Kier molecular flexibility index (Phi) is 4.66. The molecule has 10 heavy (non-hydrogen) atoms. The van der Waals surface area contributed by atoms with Gasteiger partial charge in [0.05, 0.1) is 6.07 Å². The maximum Gasteiger partial charge on any atom is 0.0946 e. The van der Waals surface area contributed by atoms with E-state index in [0.29, 0.717) is 0 Å². The molecule has 56 valence electrons. The van der Waals surface area contributed by atoms with Gasteiger partial charge in [0.25, 0.3) is 0 Å². The third-order valence-electron chi connectivity index (χ3n) is 1.68. The van der Waals surface area contributed by atoms with E-state index < -0.39 is 0 Å². The fourth-order valence-electron chi connectivity index (χ4n) is 0.828. The van der Waals surface area contributed by atoms with E-state index in [1.165, 1.54) is 5.57 Å². The molecule has 0 aliphatic carbocycles. The van der Waals surface area contributed by atoms with E-state index in [1.807, 2.05) is 6.92 Å². The highest BCUT2D eigenvalue weighted by Crippen LogP contribution is 2.11. The average Bonchev–Trinajstić information content (AvgIpc) is 1.99. The lowest BCUT2D eigenvalue weighted by Gasteiger charge is -1.99. The standard InChI is InChI=1S/C9H15N/c1-4-6-9(7-10)8(3)5-2/h4-6H2,1-3H3. The summed E-state index contributed by atoms with van der Waals surface area (Å²) in [5, 5.41) is 8.65. The first-order valence-corrected chi connectivity index (χ1v) is 3.84. The van der Waals surface area contributed by atoms with E-state index >= 15 is 0 Å². The summed E-state index contributed by atoms with van der Waals surface area (Å²) in [5.74, 6) is 0. The molecule has 1 heteroatoms. The predicted molar refractivity (Wildman–Crippen MR) is 43.5 cm³/mol. The van der Waals surface area contributed by atoms with Crippen molar-refractivity contribution >= 4 is 0 Å². The van der Waals surface area contributed by atoms with Crippen LogP contribution < -0.4 is 0 Å². The van der Waals surface area contributed by atoms with Crippen molar-refractivity contribution < 1.29 is 0 Å². The van der Waals surface area contributed by atoms with Gasteiger partial charge in [-0.2, -0.15) is 5.26 Å². The third-order valence-corrected chi connectivity index (χ3v) is 1.68. The first-order chi connectivity index (χ1) is 4.76. The summed E-state index contributed by atoms with van der Waals surface area (Å²) in [6.45, 7) is 6.22. The highest BCUT2D eigenvalue weighted by Gasteiger charge is 1.96. The fourth-order valence-corrected chi connectivity index (χ4v) is 0.828. The summed E-state index contributed by atoms with van der Waals surface area (Å²) in [7, 11) is 0. The second-order valence-corrected chi connectivity index (χ2v) is 2.47. The van der Waals surface area contributed by atoms with E-state index in [-0.39, 0.29) is 0 Å². The van der Waals surface area contributed by atoms with Crippen molar-refractivity contribution in [2.75, 3.05) is 0 Å². The molecule has 0 aromatic carbocycles. The number of hydrogen-bond donors (Lipinski definition) is 0. The van der Waals surface area contributed by atoms with E-state index in [2.05, 4.69) is 19.9 Å². The lowest BCUT2D eigenvalue weighted by molar-refractivity contribution is 0.900. The highest BCUT2D eigenvalue weighted by atomic mass is 14.2. The summed E-state index contributed by atoms with van der Waals surface area (Å²) >= 11 is 0. The van der Waals surface area contributed by atoms with Crippen molar-refractivity contribution in [3.05, 3.63) is 11.1 Å². The number of allylic oxidation sites excluding steroid dienone is 2. The van der Waals surface area contributed by atoms with Crippen LogP contribution in [0.2, 0.25) is 0 Å². The minimum absolute atomic E-state index is 0.941. The van der Waals surface area contributed by atoms with Gasteiger partial charge in [0, 0.05) is 5.57 Å². The van der Waals surface area contributed by atoms with Gasteiger partial charge in [-0.1, -0.05) is 25.8 Å². The quantitative estimate of drug-likeness (QED) is 0.548. The van der Waals surface area contributed by atoms with Crippen LogP contribution in [-0.2, 0) is 0 Å². The Morgan fingerprint density at radius 2 is 2.00 bits per heavy atom. The lowest BCUT2D eigenvalue weighted by Crippen LogP contribution is -1.83. The average molecular weight is 137 g/mol. The van der Waals surface area contributed by atoms with Gasteiger partial charge in [-0.05, 0) is 19.8 Å². The van der Waals surface area contributed by atoms with Gasteiger partial charge in [-0.25, -0.2) is 0 Å². The molecule has 0 rings (SSSR count). The van der Waals surface area contributed by atoms with Crippen LogP contribution in [0.25, 0.3) is 0 Å². The normalized spacial score (nSPS) is 12.2. The topological polar surface area (TPSA) is 23.8 Å². The molecular formula is C9H15N. The van der Waals surface area contributed by atoms with Crippen LogP contribution in [0.3, 0.4) is 0 Å². The molecule has 0 radical (unpaired) electrons. The molecule has 0 saturated heterocycles. The maximum absolute atomic E-state index is 8.65. The lowest BCUT2D eigenvalue weighted by atomic mass is 10.0. The van der Waals surface area contributed by atoms with Crippen molar-refractivity contribution in [2.45, 2.75) is 40.0 Å². The molecule has 0 N–H and O–H groups in total. The molecule has 0 bridgehead atoms. The zero-order chi connectivity index (χ0) is 7.98. The van der Waals surface area contributed by atoms with E-state index in [4.69, 9.17) is 5.26 Å². The van der Waals surface area contributed by atoms with Crippen LogP contribution in [-0.4, -0.2) is 0 Å². The molecule has 0 aromatic rings. The van der Waals surface area contributed by atoms with Crippen molar-refractivity contribution in [2.24, 2.45) is 0 Å². The van der Waals surface area contributed by atoms with Gasteiger partial charge in [0.15, 0.2) is 0 Å². The smallest absolute Gasteiger partial charge is 0.0946 e. The second-order valence-electron chi connectivity index (χ2n) is 2.47. The van der Waals surface area contributed by atoms with Crippen LogP contribution in [0.4, 0.5) is 0 Å². The summed E-state index contributed by atoms with van der Waals surface area (Å²) in [4.78, 5) is 0. The third kappa shape index (κ3) is 2.68. The van der Waals surface area contributed by atoms with Gasteiger partial charge >= 0.3 is 0 Å². The highest BCUT2D eigenvalue weighted by molar-refractivity contribution is 5.26. The summed E-state index contributed by atoms with van der Waals surface area (Å²) < 4.78 is 0. The molecule has 0 aromatic heterocycles. The SMILES string of the molecule is CCCC(C#N)=C(C)CC. The van der Waals surface area contributed by atoms with Crippen LogP contribution >= 0.6 is 0 Å². The van der Waals surface area contributed by atoms with Crippen LogP contribution in [0.15, 0.2) is 11.1 Å². The molecular weight excluding hydrogens is 122 g/mol. The minimum Gasteiger partial charge on any atom is -0.193 e. The Hall–Kier alpha value is -0.770. The molecule has 1 nitrogen and oxygen atoms in total. The van der Waals surface area contributed by atoms with Gasteiger partial charge in [-0.3, -0.25) is 0 Å². The summed E-state index contributed by atoms with van der Waals surface area (Å²) in [6, 6.07) is 2.23. The molecule has 0 saturated carbocycles. The van der Waals surface area contributed by atoms with E-state index in [0.717, 1.165) is 24.8 Å². The van der Waals surface area contributed by atoms with Crippen molar-refractivity contribution in [3.8, 4) is 6.07 Å². The predicted octanol–water partition coefficient (Wildman–Crippen LogP) is 3.04. The number of nitriles is 1. The molecule has 0 amide bonds. The van der Waals surface area contributed by atoms with E-state index in [9.17, 15) is 0 Å². The monoisotopic (exact) mass is 137 g/mol. The maximum atomic E-state index is 8.65. The number of hydrogen-bond acceptors (Lipinski definition) is 1. The Morgan fingerprint density at radius 1 is 1.40 bits per heavy atom. The first kappa shape index (κ1) is 9.23. The van der Waals surface area contributed by atoms with Gasteiger partial charge in [0.2, 0.25) is 0 Å². The largest absolute Gasteiger partial charge is 0.193 e. The van der Waals surface area contributed by atoms with E-state index in [1.54, 1.807) is 0 Å². The van der Waals surface area contributed by atoms with Crippen LogP contribution in [0.5, 0.6) is 0 Å². The summed E-state index contributed by atoms with van der Waals surface area (Å²) in [6.07, 6.45) is 3.01. The molecule has 0 aliphatic heterocycles. The molecule has 0 unspecified atom stereocenters. The number of rotatable bonds is 3. The molecule has 0 heterocycles. The van der Waals surface area contributed by atoms with Crippen molar-refractivity contribution in [3.63, 3.8) is 0 Å². The molecule has 0 fully saturated rings. The first-order valence-electron chi connectivity index (χ1n) is 3.84. The van der Waals surface area contributed by atoms with Crippen molar-refractivity contribution in [1.82, 2.24) is 0 Å². The number of nitrogens with zero attached hydrogens (tertiary/aromatic N) is 1. The Morgan fingerprint density at radius 3 is 2.30 bits per heavy atom. The van der Waals surface area contributed by atoms with Crippen LogP contribution in [0.1, 0.15) is 40.0 Å². The zero-order valence-electron chi connectivity index (χ0n) is 7.07. The molecule has 0 aliphatic rings. The Bertz CT molecular complexity index is 160. The fraction of sp³-hybridized carbons (Fsp3) is 0.667. The Balaban J connectivity index is 4.19. The zero-order valence-corrected chi connectivity index (χ0v) is 7.07. The van der Waals surface area contributed by atoms with Gasteiger partial charge < -0.3 is 0 Å². The van der Waals surface area contributed by atoms with Gasteiger partial charge in [-0.15, -0.1) is 0 Å². The van der Waals surface area contributed by atoms with Crippen LogP contribution in [0, 0.1) is 11.3 Å². The minimum atomic E-state index is 0.941.